The van der Waals surface area contributed by atoms with Gasteiger partial charge in [-0.25, -0.2) is 0 Å². The Balaban J connectivity index is 0.00000120. The SMILES string of the molecule is CC(C)(C)c1c[c-]c2c(c1)-c1ccccc1C2.[Zr]. The molecule has 0 spiro atoms. The van der Waals surface area contributed by atoms with Crippen molar-refractivity contribution in [2.45, 2.75) is 32.6 Å². The van der Waals surface area contributed by atoms with Gasteiger partial charge in [0.2, 0.25) is 0 Å². The zero-order chi connectivity index (χ0) is 12.0. The molecule has 1 aliphatic rings. The van der Waals surface area contributed by atoms with Crippen molar-refractivity contribution >= 4 is 0 Å². The van der Waals surface area contributed by atoms with Crippen LogP contribution in [0.1, 0.15) is 37.5 Å². The van der Waals surface area contributed by atoms with Gasteiger partial charge in [-0.15, -0.1) is 5.56 Å². The number of rotatable bonds is 0. The van der Waals surface area contributed by atoms with Crippen molar-refractivity contribution in [3.05, 3.63) is 59.2 Å². The van der Waals surface area contributed by atoms with Crippen LogP contribution in [0, 0.1) is 6.07 Å². The zero-order valence-electron chi connectivity index (χ0n) is 11.2. The molecule has 3 rings (SSSR count). The molecule has 90 valence electrons. The van der Waals surface area contributed by atoms with Gasteiger partial charge in [0.1, 0.15) is 0 Å². The molecule has 0 radical (unpaired) electrons. The second-order valence-electron chi connectivity index (χ2n) is 5.86. The summed E-state index contributed by atoms with van der Waals surface area (Å²) < 4.78 is 0. The molecule has 0 heterocycles. The molecule has 0 fully saturated rings. The number of benzene rings is 2. The first-order chi connectivity index (χ1) is 8.05. The van der Waals surface area contributed by atoms with E-state index in [1.165, 1.54) is 27.8 Å². The molecule has 2 aromatic carbocycles. The van der Waals surface area contributed by atoms with Crippen molar-refractivity contribution in [3.8, 4) is 11.1 Å². The van der Waals surface area contributed by atoms with Crippen molar-refractivity contribution in [1.29, 1.82) is 0 Å². The summed E-state index contributed by atoms with van der Waals surface area (Å²) in [6.07, 6.45) is 1.04. The van der Waals surface area contributed by atoms with Crippen LogP contribution in [0.15, 0.2) is 36.4 Å². The Morgan fingerprint density at radius 1 is 1.06 bits per heavy atom. The molecule has 0 N–H and O–H groups in total. The third-order valence-corrected chi connectivity index (χ3v) is 3.57. The Bertz CT molecular complexity index is 576. The molecular formula is C17H17Zr-. The van der Waals surface area contributed by atoms with Gasteiger partial charge >= 0.3 is 0 Å². The van der Waals surface area contributed by atoms with Crippen LogP contribution in [0.5, 0.6) is 0 Å². The van der Waals surface area contributed by atoms with Crippen LogP contribution in [-0.4, -0.2) is 0 Å². The standard InChI is InChI=1S/C17H17.Zr/c1-17(2,3)14-9-8-13-10-12-6-4-5-7-15(12)16(13)11-14;/h4-7,9,11H,10H2,1-3H3;/q-1;. The Hall–Kier alpha value is -0.677. The molecule has 0 amide bonds. The van der Waals surface area contributed by atoms with Crippen LogP contribution in [-0.2, 0) is 38.0 Å². The first-order valence-electron chi connectivity index (χ1n) is 6.19. The van der Waals surface area contributed by atoms with Crippen molar-refractivity contribution in [3.63, 3.8) is 0 Å². The molecular weight excluding hydrogens is 295 g/mol. The van der Waals surface area contributed by atoms with Crippen LogP contribution >= 0.6 is 0 Å². The van der Waals surface area contributed by atoms with E-state index >= 15 is 0 Å². The van der Waals surface area contributed by atoms with E-state index in [1.807, 2.05) is 0 Å². The minimum atomic E-state index is 0. The van der Waals surface area contributed by atoms with E-state index in [1.54, 1.807) is 0 Å². The minimum Gasteiger partial charge on any atom is -0.179 e. The molecule has 0 unspecified atom stereocenters. The van der Waals surface area contributed by atoms with Gasteiger partial charge in [0.05, 0.1) is 0 Å². The topological polar surface area (TPSA) is 0 Å². The van der Waals surface area contributed by atoms with Crippen molar-refractivity contribution < 1.29 is 26.2 Å². The number of hydrogen-bond acceptors (Lipinski definition) is 0. The quantitative estimate of drug-likeness (QED) is 0.541. The monoisotopic (exact) mass is 311 g/mol. The second-order valence-corrected chi connectivity index (χ2v) is 5.86. The van der Waals surface area contributed by atoms with Gasteiger partial charge < -0.3 is 0 Å². The van der Waals surface area contributed by atoms with E-state index in [4.69, 9.17) is 0 Å². The average molecular weight is 313 g/mol. The van der Waals surface area contributed by atoms with E-state index in [0.29, 0.717) is 0 Å². The van der Waals surface area contributed by atoms with Crippen molar-refractivity contribution in [1.82, 2.24) is 0 Å². The van der Waals surface area contributed by atoms with Crippen LogP contribution in [0.3, 0.4) is 0 Å². The molecule has 1 heteroatoms. The van der Waals surface area contributed by atoms with Gasteiger partial charge in [-0.1, -0.05) is 61.6 Å². The van der Waals surface area contributed by atoms with Crippen molar-refractivity contribution in [2.75, 3.05) is 0 Å². The third-order valence-electron chi connectivity index (χ3n) is 3.57. The smallest absolute Gasteiger partial charge is 0 e. The van der Waals surface area contributed by atoms with E-state index in [0.717, 1.165) is 6.42 Å². The van der Waals surface area contributed by atoms with Gasteiger partial charge in [0, 0.05) is 26.2 Å². The fourth-order valence-electron chi connectivity index (χ4n) is 2.47. The summed E-state index contributed by atoms with van der Waals surface area (Å²) in [5.74, 6) is 0. The molecule has 0 aromatic heterocycles. The number of fused-ring (bicyclic) bond motifs is 3. The fraction of sp³-hybridized carbons (Fsp3) is 0.294. The summed E-state index contributed by atoms with van der Waals surface area (Å²) in [4.78, 5) is 0. The largest absolute Gasteiger partial charge is 0.179 e. The van der Waals surface area contributed by atoms with Gasteiger partial charge in [-0.2, -0.15) is 29.3 Å². The molecule has 0 saturated heterocycles. The Labute approximate surface area is 129 Å². The average Bonchev–Trinajstić information content (AvgIpc) is 2.65. The first-order valence-corrected chi connectivity index (χ1v) is 6.19. The second kappa shape index (κ2) is 4.78. The summed E-state index contributed by atoms with van der Waals surface area (Å²) in [5.41, 5.74) is 7.12. The van der Waals surface area contributed by atoms with Crippen molar-refractivity contribution in [2.24, 2.45) is 0 Å². The van der Waals surface area contributed by atoms with Crippen LogP contribution in [0.4, 0.5) is 0 Å². The Morgan fingerprint density at radius 2 is 1.78 bits per heavy atom. The molecule has 0 atom stereocenters. The van der Waals surface area contributed by atoms with Crippen LogP contribution in [0.25, 0.3) is 11.1 Å². The summed E-state index contributed by atoms with van der Waals surface area (Å²) in [6, 6.07) is 16.7. The zero-order valence-corrected chi connectivity index (χ0v) is 13.6. The van der Waals surface area contributed by atoms with E-state index in [-0.39, 0.29) is 31.6 Å². The minimum absolute atomic E-state index is 0. The molecule has 1 aliphatic carbocycles. The van der Waals surface area contributed by atoms with Gasteiger partial charge in [0.25, 0.3) is 0 Å². The third kappa shape index (κ3) is 2.26. The Kier molecular flexibility index (Phi) is 3.65. The van der Waals surface area contributed by atoms with E-state index in [2.05, 4.69) is 63.2 Å². The maximum absolute atomic E-state index is 3.47. The molecule has 0 bridgehead atoms. The van der Waals surface area contributed by atoms with Crippen LogP contribution < -0.4 is 0 Å². The summed E-state index contributed by atoms with van der Waals surface area (Å²) in [5, 5.41) is 0. The summed E-state index contributed by atoms with van der Waals surface area (Å²) in [7, 11) is 0. The molecule has 0 nitrogen and oxygen atoms in total. The van der Waals surface area contributed by atoms with Gasteiger partial charge in [0.15, 0.2) is 0 Å². The predicted octanol–water partition coefficient (Wildman–Crippen LogP) is 4.35. The molecule has 18 heavy (non-hydrogen) atoms. The van der Waals surface area contributed by atoms with Gasteiger partial charge in [-0.05, 0) is 6.42 Å². The maximum Gasteiger partial charge on any atom is 0 e. The molecule has 0 aliphatic heterocycles. The normalized spacial score (nSPS) is 12.6. The van der Waals surface area contributed by atoms with Gasteiger partial charge in [-0.3, -0.25) is 0 Å². The van der Waals surface area contributed by atoms with E-state index < -0.39 is 0 Å². The summed E-state index contributed by atoms with van der Waals surface area (Å²) in [6.45, 7) is 6.76. The fourth-order valence-corrected chi connectivity index (χ4v) is 2.47. The summed E-state index contributed by atoms with van der Waals surface area (Å²) >= 11 is 0. The maximum atomic E-state index is 3.47. The van der Waals surface area contributed by atoms with Crippen LogP contribution in [0.2, 0.25) is 0 Å². The number of hydrogen-bond donors (Lipinski definition) is 0. The first kappa shape index (κ1) is 13.7. The van der Waals surface area contributed by atoms with E-state index in [9.17, 15) is 0 Å². The molecule has 2 aromatic rings. The molecule has 0 saturated carbocycles. The predicted molar refractivity (Wildman–Crippen MR) is 72.2 cm³/mol. The Morgan fingerprint density at radius 3 is 2.50 bits per heavy atom.